The molecule has 2 rings (SSSR count). The second kappa shape index (κ2) is 6.41. The molecule has 0 aromatic rings. The van der Waals surface area contributed by atoms with E-state index in [0.717, 1.165) is 19.6 Å². The van der Waals surface area contributed by atoms with Crippen LogP contribution in [0.5, 0.6) is 0 Å². The summed E-state index contributed by atoms with van der Waals surface area (Å²) < 4.78 is 0. The van der Waals surface area contributed by atoms with Gasteiger partial charge < -0.3 is 11.1 Å². The van der Waals surface area contributed by atoms with Gasteiger partial charge in [-0.05, 0) is 40.2 Å². The monoisotopic (exact) mass is 282 g/mol. The highest BCUT2D eigenvalue weighted by atomic mass is 16.1. The number of hydrogen-bond acceptors (Lipinski definition) is 4. The van der Waals surface area contributed by atoms with Crippen molar-refractivity contribution in [2.45, 2.75) is 57.7 Å². The summed E-state index contributed by atoms with van der Waals surface area (Å²) in [6, 6.07) is 0.928. The average molecular weight is 282 g/mol. The van der Waals surface area contributed by atoms with Gasteiger partial charge >= 0.3 is 0 Å². The maximum absolute atomic E-state index is 11.8. The van der Waals surface area contributed by atoms with Gasteiger partial charge in [0, 0.05) is 38.3 Å². The lowest BCUT2D eigenvalue weighted by Gasteiger charge is -2.46. The highest BCUT2D eigenvalue weighted by Gasteiger charge is 2.37. The number of hydrogen-bond donors (Lipinski definition) is 2. The Morgan fingerprint density at radius 1 is 1.35 bits per heavy atom. The molecule has 0 aliphatic carbocycles. The highest BCUT2D eigenvalue weighted by Crippen LogP contribution is 2.22. The minimum absolute atomic E-state index is 0.253. The molecule has 20 heavy (non-hydrogen) atoms. The summed E-state index contributed by atoms with van der Waals surface area (Å²) in [5, 5.41) is 3.35. The molecule has 0 radical (unpaired) electrons. The van der Waals surface area contributed by atoms with Crippen molar-refractivity contribution in [1.82, 2.24) is 15.1 Å². The van der Waals surface area contributed by atoms with Crippen molar-refractivity contribution in [3.05, 3.63) is 0 Å². The number of piperazine rings is 1. The molecule has 0 bridgehead atoms. The summed E-state index contributed by atoms with van der Waals surface area (Å²) >= 11 is 0. The van der Waals surface area contributed by atoms with Crippen molar-refractivity contribution >= 4 is 5.91 Å². The van der Waals surface area contributed by atoms with E-state index in [1.54, 1.807) is 0 Å². The fourth-order valence-corrected chi connectivity index (χ4v) is 3.64. The number of nitrogens with one attached hydrogen (secondary N) is 1. The van der Waals surface area contributed by atoms with Gasteiger partial charge in [-0.1, -0.05) is 6.42 Å². The van der Waals surface area contributed by atoms with Crippen LogP contribution in [-0.4, -0.2) is 66.1 Å². The maximum atomic E-state index is 11.8. The first-order chi connectivity index (χ1) is 9.40. The molecule has 2 heterocycles. The summed E-state index contributed by atoms with van der Waals surface area (Å²) in [6.07, 6.45) is 3.97. The first-order valence-corrected chi connectivity index (χ1v) is 7.95. The van der Waals surface area contributed by atoms with Crippen LogP contribution in [0.4, 0.5) is 0 Å². The summed E-state index contributed by atoms with van der Waals surface area (Å²) in [5.41, 5.74) is 5.00. The summed E-state index contributed by atoms with van der Waals surface area (Å²) in [4.78, 5) is 16.9. The first-order valence-electron chi connectivity index (χ1n) is 7.95. The lowest BCUT2D eigenvalue weighted by Crippen LogP contribution is -2.64. The summed E-state index contributed by atoms with van der Waals surface area (Å²) in [5.74, 6) is -0.253. The molecule has 0 aromatic carbocycles. The van der Waals surface area contributed by atoms with Crippen LogP contribution < -0.4 is 11.1 Å². The third-order valence-corrected chi connectivity index (χ3v) is 4.61. The molecule has 116 valence electrons. The molecule has 0 saturated carbocycles. The largest absolute Gasteiger partial charge is 0.368 e. The van der Waals surface area contributed by atoms with Crippen LogP contribution in [0.2, 0.25) is 0 Å². The van der Waals surface area contributed by atoms with E-state index >= 15 is 0 Å². The lowest BCUT2D eigenvalue weighted by molar-refractivity contribution is -0.125. The van der Waals surface area contributed by atoms with Gasteiger partial charge in [0.25, 0.3) is 0 Å². The molecule has 2 unspecified atom stereocenters. The Balaban J connectivity index is 1.95. The van der Waals surface area contributed by atoms with Crippen molar-refractivity contribution in [2.24, 2.45) is 5.73 Å². The number of amides is 1. The molecular formula is C15H30N4O. The average Bonchev–Trinajstić information content (AvgIpc) is 2.37. The number of nitrogens with zero attached hydrogens (tertiary/aromatic N) is 2. The summed E-state index contributed by atoms with van der Waals surface area (Å²) in [7, 11) is 0. The van der Waals surface area contributed by atoms with Gasteiger partial charge in [-0.25, -0.2) is 0 Å². The normalized spacial score (nSPS) is 28.1. The predicted molar refractivity (Wildman–Crippen MR) is 81.5 cm³/mol. The van der Waals surface area contributed by atoms with Crippen molar-refractivity contribution in [3.63, 3.8) is 0 Å². The molecule has 2 atom stereocenters. The SMILES string of the molecule is CC(C)NC(C)(CN1CCN2CCCCC2C1)C(N)=O. The molecule has 2 aliphatic rings. The number of rotatable bonds is 5. The number of carbonyl (C=O) groups is 1. The van der Waals surface area contributed by atoms with Crippen LogP contribution in [0.25, 0.3) is 0 Å². The molecule has 3 N–H and O–H groups in total. The molecular weight excluding hydrogens is 252 g/mol. The Morgan fingerprint density at radius 3 is 2.75 bits per heavy atom. The summed E-state index contributed by atoms with van der Waals surface area (Å²) in [6.45, 7) is 11.2. The van der Waals surface area contributed by atoms with Crippen LogP contribution >= 0.6 is 0 Å². The lowest BCUT2D eigenvalue weighted by atomic mass is 9.95. The number of nitrogens with two attached hydrogens (primary N) is 1. The molecule has 5 heteroatoms. The van der Waals surface area contributed by atoms with E-state index in [-0.39, 0.29) is 11.9 Å². The molecule has 5 nitrogen and oxygen atoms in total. The smallest absolute Gasteiger partial charge is 0.238 e. The Hall–Kier alpha value is -0.650. The van der Waals surface area contributed by atoms with Gasteiger partial charge in [0.05, 0.1) is 0 Å². The van der Waals surface area contributed by atoms with Crippen LogP contribution in [0, 0.1) is 0 Å². The van der Waals surface area contributed by atoms with E-state index in [2.05, 4.69) is 29.0 Å². The molecule has 2 fully saturated rings. The van der Waals surface area contributed by atoms with Crippen molar-refractivity contribution in [1.29, 1.82) is 0 Å². The van der Waals surface area contributed by atoms with Crippen molar-refractivity contribution in [3.8, 4) is 0 Å². The predicted octanol–water partition coefficient (Wildman–Crippen LogP) is 0.399. The van der Waals surface area contributed by atoms with Gasteiger partial charge in [-0.15, -0.1) is 0 Å². The zero-order chi connectivity index (χ0) is 14.8. The molecule has 0 spiro atoms. The fraction of sp³-hybridized carbons (Fsp3) is 0.933. The second-order valence-electron chi connectivity index (χ2n) is 6.92. The Labute approximate surface area is 122 Å². The fourth-order valence-electron chi connectivity index (χ4n) is 3.64. The van der Waals surface area contributed by atoms with E-state index in [9.17, 15) is 4.79 Å². The maximum Gasteiger partial charge on any atom is 0.238 e. The third kappa shape index (κ3) is 3.71. The van der Waals surface area contributed by atoms with E-state index in [1.165, 1.54) is 25.8 Å². The minimum atomic E-state index is -0.634. The van der Waals surface area contributed by atoms with E-state index < -0.39 is 5.54 Å². The van der Waals surface area contributed by atoms with Crippen LogP contribution in [0.1, 0.15) is 40.0 Å². The number of primary amides is 1. The minimum Gasteiger partial charge on any atom is -0.368 e. The standard InChI is InChI=1S/C15H30N4O/c1-12(2)17-15(3,14(16)20)11-18-8-9-19-7-5-4-6-13(19)10-18/h12-13,17H,4-11H2,1-3H3,(H2,16,20). The van der Waals surface area contributed by atoms with Crippen molar-refractivity contribution < 1.29 is 4.79 Å². The zero-order valence-electron chi connectivity index (χ0n) is 13.2. The molecule has 1 amide bonds. The molecule has 2 saturated heterocycles. The van der Waals surface area contributed by atoms with E-state index in [1.807, 2.05) is 6.92 Å². The van der Waals surface area contributed by atoms with Gasteiger partial charge in [-0.2, -0.15) is 0 Å². The number of carbonyl (C=O) groups excluding carboxylic acids is 1. The van der Waals surface area contributed by atoms with Gasteiger partial charge in [0.15, 0.2) is 0 Å². The highest BCUT2D eigenvalue weighted by molar-refractivity contribution is 5.84. The number of piperidine rings is 1. The molecule has 0 aromatic heterocycles. The second-order valence-corrected chi connectivity index (χ2v) is 6.92. The zero-order valence-corrected chi connectivity index (χ0v) is 13.2. The van der Waals surface area contributed by atoms with E-state index in [0.29, 0.717) is 12.6 Å². The van der Waals surface area contributed by atoms with Gasteiger partial charge in [-0.3, -0.25) is 14.6 Å². The first kappa shape index (κ1) is 15.7. The van der Waals surface area contributed by atoms with E-state index in [4.69, 9.17) is 5.73 Å². The van der Waals surface area contributed by atoms with Crippen LogP contribution in [0.15, 0.2) is 0 Å². The van der Waals surface area contributed by atoms with Gasteiger partial charge in [0.2, 0.25) is 5.91 Å². The van der Waals surface area contributed by atoms with Crippen LogP contribution in [0.3, 0.4) is 0 Å². The van der Waals surface area contributed by atoms with Crippen LogP contribution in [-0.2, 0) is 4.79 Å². The Kier molecular flexibility index (Phi) is 5.04. The third-order valence-electron chi connectivity index (χ3n) is 4.61. The topological polar surface area (TPSA) is 61.6 Å². The quantitative estimate of drug-likeness (QED) is 0.766. The Morgan fingerprint density at radius 2 is 2.10 bits per heavy atom. The van der Waals surface area contributed by atoms with Crippen molar-refractivity contribution in [2.75, 3.05) is 32.7 Å². The Bertz CT molecular complexity index is 347. The molecule has 2 aliphatic heterocycles. The number of fused-ring (bicyclic) bond motifs is 1. The van der Waals surface area contributed by atoms with Gasteiger partial charge in [0.1, 0.15) is 5.54 Å².